The van der Waals surface area contributed by atoms with E-state index in [1.807, 2.05) is 22.6 Å². The number of hydrogen-bond donors (Lipinski definition) is 1. The van der Waals surface area contributed by atoms with Gasteiger partial charge in [0.05, 0.1) is 5.69 Å². The molecule has 1 aliphatic rings. The summed E-state index contributed by atoms with van der Waals surface area (Å²) in [6.07, 6.45) is 1.39. The number of carbonyl (C=O) groups excluding carboxylic acids is 2. The summed E-state index contributed by atoms with van der Waals surface area (Å²) in [6.45, 7) is 0. The molecule has 2 aromatic rings. The first-order chi connectivity index (χ1) is 11.0. The van der Waals surface area contributed by atoms with Gasteiger partial charge in [-0.2, -0.15) is 0 Å². The number of anilines is 1. The van der Waals surface area contributed by atoms with Gasteiger partial charge >= 0.3 is 0 Å². The van der Waals surface area contributed by atoms with Gasteiger partial charge in [0.1, 0.15) is 11.3 Å². The van der Waals surface area contributed by atoms with Crippen LogP contribution in [-0.4, -0.2) is 16.9 Å². The van der Waals surface area contributed by atoms with E-state index >= 15 is 0 Å². The lowest BCUT2D eigenvalue weighted by Crippen LogP contribution is -2.54. The summed E-state index contributed by atoms with van der Waals surface area (Å²) in [6, 6.07) is 10.1. The van der Waals surface area contributed by atoms with Crippen LogP contribution in [0.3, 0.4) is 0 Å². The van der Waals surface area contributed by atoms with Crippen molar-refractivity contribution in [2.24, 2.45) is 0 Å². The van der Waals surface area contributed by atoms with E-state index in [1.54, 1.807) is 36.4 Å². The minimum atomic E-state index is -0.565. The van der Waals surface area contributed by atoms with Crippen molar-refractivity contribution in [2.75, 3.05) is 4.90 Å². The lowest BCUT2D eigenvalue weighted by atomic mass is 10.1. The second-order valence-electron chi connectivity index (χ2n) is 4.58. The highest BCUT2D eigenvalue weighted by atomic mass is 127. The van der Waals surface area contributed by atoms with E-state index in [0.717, 1.165) is 0 Å². The molecule has 8 heteroatoms. The second-order valence-corrected chi connectivity index (χ2v) is 6.47. The maximum absolute atomic E-state index is 12.7. The predicted octanol–water partition coefficient (Wildman–Crippen LogP) is 3.37. The minimum Gasteiger partial charge on any atom is -0.451 e. The summed E-state index contributed by atoms with van der Waals surface area (Å²) in [7, 11) is 0. The van der Waals surface area contributed by atoms with Gasteiger partial charge in [0.25, 0.3) is 11.8 Å². The molecule has 1 N–H and O–H groups in total. The van der Waals surface area contributed by atoms with Crippen LogP contribution in [0.4, 0.5) is 5.69 Å². The summed E-state index contributed by atoms with van der Waals surface area (Å²) >= 11 is 13.1. The number of amides is 2. The van der Waals surface area contributed by atoms with Gasteiger partial charge in [0.15, 0.2) is 8.88 Å². The van der Waals surface area contributed by atoms with Crippen molar-refractivity contribution < 1.29 is 14.0 Å². The van der Waals surface area contributed by atoms with E-state index in [2.05, 4.69) is 5.32 Å². The molecule has 2 amide bonds. The second kappa shape index (κ2) is 6.42. The van der Waals surface area contributed by atoms with E-state index < -0.39 is 11.8 Å². The Hall–Kier alpha value is -1.71. The van der Waals surface area contributed by atoms with Crippen molar-refractivity contribution in [3.63, 3.8) is 0 Å². The maximum Gasteiger partial charge on any atom is 0.270 e. The van der Waals surface area contributed by atoms with Crippen LogP contribution in [0.15, 0.2) is 46.4 Å². The molecule has 23 heavy (non-hydrogen) atoms. The van der Waals surface area contributed by atoms with E-state index in [9.17, 15) is 9.59 Å². The smallest absolute Gasteiger partial charge is 0.270 e. The van der Waals surface area contributed by atoms with Crippen molar-refractivity contribution in [1.82, 2.24) is 5.32 Å². The highest BCUT2D eigenvalue weighted by Gasteiger charge is 2.34. The molecule has 1 saturated heterocycles. The van der Waals surface area contributed by atoms with Gasteiger partial charge in [0, 0.05) is 5.02 Å². The number of rotatable bonds is 2. The van der Waals surface area contributed by atoms with Crippen LogP contribution < -0.4 is 10.2 Å². The average molecular weight is 459 g/mol. The molecule has 3 rings (SSSR count). The molecule has 0 spiro atoms. The summed E-state index contributed by atoms with van der Waals surface area (Å²) in [5.41, 5.74) is 0.414. The number of furan rings is 1. The van der Waals surface area contributed by atoms with Gasteiger partial charge in [-0.25, -0.2) is 0 Å². The molecular weight excluding hydrogens is 451 g/mol. The van der Waals surface area contributed by atoms with Gasteiger partial charge < -0.3 is 4.42 Å². The highest BCUT2D eigenvalue weighted by molar-refractivity contribution is 14.1. The summed E-state index contributed by atoms with van der Waals surface area (Å²) in [5.74, 6) is -0.691. The number of thiocarbonyl (C=S) groups is 1. The van der Waals surface area contributed by atoms with Crippen molar-refractivity contribution in [1.29, 1.82) is 0 Å². The van der Waals surface area contributed by atoms with Crippen LogP contribution in [0.5, 0.6) is 0 Å². The highest BCUT2D eigenvalue weighted by Crippen LogP contribution is 2.25. The van der Waals surface area contributed by atoms with Crippen molar-refractivity contribution in [3.8, 4) is 0 Å². The quantitative estimate of drug-likeness (QED) is 0.324. The Morgan fingerprint density at radius 2 is 2.04 bits per heavy atom. The van der Waals surface area contributed by atoms with Crippen LogP contribution in [0.25, 0.3) is 6.08 Å². The zero-order valence-corrected chi connectivity index (χ0v) is 15.1. The molecule has 1 fully saturated rings. The molecule has 0 saturated carbocycles. The molecule has 1 aliphatic heterocycles. The zero-order chi connectivity index (χ0) is 16.6. The summed E-state index contributed by atoms with van der Waals surface area (Å²) in [5, 5.41) is 2.96. The number of nitrogens with zero attached hydrogens (tertiary/aromatic N) is 1. The molecule has 2 heterocycles. The molecule has 5 nitrogen and oxygen atoms in total. The summed E-state index contributed by atoms with van der Waals surface area (Å²) < 4.78 is 6.03. The topological polar surface area (TPSA) is 62.6 Å². The fourth-order valence-electron chi connectivity index (χ4n) is 2.06. The number of benzene rings is 1. The monoisotopic (exact) mass is 458 g/mol. The lowest BCUT2D eigenvalue weighted by Gasteiger charge is -2.28. The van der Waals surface area contributed by atoms with Crippen LogP contribution in [0.2, 0.25) is 5.02 Å². The average Bonchev–Trinajstić information content (AvgIpc) is 2.89. The Kier molecular flexibility index (Phi) is 4.51. The number of halogens is 2. The van der Waals surface area contributed by atoms with Crippen molar-refractivity contribution in [2.45, 2.75) is 0 Å². The largest absolute Gasteiger partial charge is 0.451 e. The van der Waals surface area contributed by atoms with Gasteiger partial charge in [-0.3, -0.25) is 19.8 Å². The molecule has 116 valence electrons. The van der Waals surface area contributed by atoms with Crippen molar-refractivity contribution >= 4 is 75.1 Å². The zero-order valence-electron chi connectivity index (χ0n) is 11.4. The van der Waals surface area contributed by atoms with E-state index in [1.165, 1.54) is 11.0 Å². The lowest BCUT2D eigenvalue weighted by molar-refractivity contribution is -0.122. The van der Waals surface area contributed by atoms with E-state index in [-0.39, 0.29) is 10.7 Å². The molecule has 0 bridgehead atoms. The normalized spacial score (nSPS) is 16.9. The predicted molar refractivity (Wildman–Crippen MR) is 99.1 cm³/mol. The van der Waals surface area contributed by atoms with Gasteiger partial charge in [-0.1, -0.05) is 17.7 Å². The van der Waals surface area contributed by atoms with E-state index in [0.29, 0.717) is 20.2 Å². The van der Waals surface area contributed by atoms with Gasteiger partial charge in [-0.15, -0.1) is 0 Å². The fourth-order valence-corrected chi connectivity index (χ4v) is 2.95. The SMILES string of the molecule is O=C1NC(=S)N(c2cccc(Cl)c2)C(=O)/C1=C/c1ccc(I)o1. The number of hydrogen-bond acceptors (Lipinski definition) is 4. The minimum absolute atomic E-state index is 0.00782. The number of nitrogens with one attached hydrogen (secondary N) is 1. The Morgan fingerprint density at radius 1 is 1.26 bits per heavy atom. The van der Waals surface area contributed by atoms with Crippen LogP contribution in [0.1, 0.15) is 5.76 Å². The Bertz CT molecular complexity index is 862. The van der Waals surface area contributed by atoms with Crippen LogP contribution in [0, 0.1) is 3.77 Å². The fraction of sp³-hybridized carbons (Fsp3) is 0. The molecule has 0 unspecified atom stereocenters. The van der Waals surface area contributed by atoms with Gasteiger partial charge in [0.2, 0.25) is 0 Å². The third kappa shape index (κ3) is 3.31. The van der Waals surface area contributed by atoms with Crippen LogP contribution >= 0.6 is 46.4 Å². The Morgan fingerprint density at radius 3 is 2.70 bits per heavy atom. The number of carbonyl (C=O) groups is 2. The molecule has 0 aliphatic carbocycles. The molecule has 0 radical (unpaired) electrons. The maximum atomic E-state index is 12.7. The first kappa shape index (κ1) is 16.2. The molecule has 1 aromatic heterocycles. The Balaban J connectivity index is 2.02. The third-order valence-corrected chi connectivity index (χ3v) is 4.15. The van der Waals surface area contributed by atoms with Crippen LogP contribution in [-0.2, 0) is 9.59 Å². The van der Waals surface area contributed by atoms with Crippen molar-refractivity contribution in [3.05, 3.63) is 56.5 Å². The molecule has 1 aromatic carbocycles. The first-order valence-electron chi connectivity index (χ1n) is 6.38. The molecule has 0 atom stereocenters. The standard InChI is InChI=1S/C15H8ClIN2O3S/c16-8-2-1-3-9(6-8)19-14(21)11(13(20)18-15(19)23)7-10-4-5-12(17)22-10/h1-7H,(H,18,20,23)/b11-7+. The summed E-state index contributed by atoms with van der Waals surface area (Å²) in [4.78, 5) is 26.0. The molecular formula is C15H8ClIN2O3S. The third-order valence-electron chi connectivity index (χ3n) is 3.05. The van der Waals surface area contributed by atoms with Gasteiger partial charge in [-0.05, 0) is 71.2 Å². The first-order valence-corrected chi connectivity index (χ1v) is 8.24. The van der Waals surface area contributed by atoms with E-state index in [4.69, 9.17) is 28.2 Å². The Labute approximate surface area is 155 Å².